The lowest BCUT2D eigenvalue weighted by atomic mass is 9.52. The largest absolute Gasteiger partial charge is 0.299 e. The van der Waals surface area contributed by atoms with Crippen LogP contribution in [0.4, 0.5) is 0 Å². The Morgan fingerprint density at radius 2 is 0.808 bits per heavy atom. The molecule has 2 heteroatoms. The molecule has 0 aliphatic heterocycles. The summed E-state index contributed by atoms with van der Waals surface area (Å²) in [6.07, 6.45) is 15.1. The van der Waals surface area contributed by atoms with Gasteiger partial charge in [0, 0.05) is 23.7 Å². The van der Waals surface area contributed by atoms with Gasteiger partial charge < -0.3 is 0 Å². The molecule has 0 aromatic carbocycles. The summed E-state index contributed by atoms with van der Waals surface area (Å²) in [7, 11) is 0. The molecule has 6 rings (SSSR count). The van der Waals surface area contributed by atoms with Crippen LogP contribution in [0, 0.1) is 59.2 Å². The average Bonchev–Trinajstić information content (AvgIpc) is 3.16. The summed E-state index contributed by atoms with van der Waals surface area (Å²) < 4.78 is 0. The smallest absolute Gasteiger partial charge is 0.139 e. The van der Waals surface area contributed by atoms with Gasteiger partial charge in [-0.1, -0.05) is 38.5 Å². The Labute approximate surface area is 157 Å². The van der Waals surface area contributed by atoms with Crippen LogP contribution in [-0.4, -0.2) is 11.6 Å². The molecule has 0 aromatic rings. The molecule has 0 saturated heterocycles. The van der Waals surface area contributed by atoms with Crippen molar-refractivity contribution in [2.24, 2.45) is 59.2 Å². The van der Waals surface area contributed by atoms with Gasteiger partial charge in [0.2, 0.25) is 0 Å². The van der Waals surface area contributed by atoms with Crippen molar-refractivity contribution in [1.82, 2.24) is 0 Å². The highest BCUT2D eigenvalue weighted by molar-refractivity contribution is 5.90. The predicted molar refractivity (Wildman–Crippen MR) is 100 cm³/mol. The summed E-state index contributed by atoms with van der Waals surface area (Å²) in [4.78, 5) is 27.1. The van der Waals surface area contributed by atoms with Gasteiger partial charge >= 0.3 is 0 Å². The third-order valence-corrected chi connectivity index (χ3v) is 10.1. The Kier molecular flexibility index (Phi) is 3.71. The summed E-state index contributed by atoms with van der Waals surface area (Å²) in [5.74, 6) is 6.39. The van der Waals surface area contributed by atoms with Gasteiger partial charge in [-0.05, 0) is 74.0 Å². The molecule has 142 valence electrons. The highest BCUT2D eigenvalue weighted by Crippen LogP contribution is 2.67. The molecule has 10 unspecified atom stereocenters. The molecule has 0 spiro atoms. The standard InChI is InChI=1S/C24H34O2/c25-23-17-11-5-3-9-15(17)19-20-16-10-4-6-12-18(16)24(26)22(20)14-8-2-1-7-13(14)21(19)23/h13-22H,1-12H2. The van der Waals surface area contributed by atoms with E-state index < -0.39 is 0 Å². The highest BCUT2D eigenvalue weighted by Gasteiger charge is 2.67. The van der Waals surface area contributed by atoms with Crippen molar-refractivity contribution in [3.8, 4) is 0 Å². The second-order valence-corrected chi connectivity index (χ2v) is 10.7. The molecule has 6 saturated carbocycles. The Hall–Kier alpha value is -0.660. The van der Waals surface area contributed by atoms with Crippen molar-refractivity contribution in [1.29, 1.82) is 0 Å². The number of Topliss-reactive ketones (excluding diaryl/α,β-unsaturated/α-hetero) is 2. The Morgan fingerprint density at radius 1 is 0.462 bits per heavy atom. The minimum atomic E-state index is 0.350. The first-order valence-corrected chi connectivity index (χ1v) is 11.8. The average molecular weight is 355 g/mol. The zero-order valence-corrected chi connectivity index (χ0v) is 16.1. The van der Waals surface area contributed by atoms with Crippen LogP contribution in [0.5, 0.6) is 0 Å². The van der Waals surface area contributed by atoms with E-state index >= 15 is 0 Å². The molecule has 2 nitrogen and oxygen atoms in total. The van der Waals surface area contributed by atoms with E-state index in [-0.39, 0.29) is 0 Å². The molecule has 0 aromatic heterocycles. The molecule has 0 radical (unpaired) electrons. The Balaban J connectivity index is 1.47. The Bertz CT molecular complexity index is 570. The van der Waals surface area contributed by atoms with E-state index in [1.54, 1.807) is 0 Å². The number of fused-ring (bicyclic) bond motifs is 10. The molecule has 6 fully saturated rings. The topological polar surface area (TPSA) is 34.1 Å². The maximum atomic E-state index is 13.6. The van der Waals surface area contributed by atoms with Gasteiger partial charge in [-0.25, -0.2) is 0 Å². The number of hydrogen-bond donors (Lipinski definition) is 0. The third kappa shape index (κ3) is 2.00. The van der Waals surface area contributed by atoms with Crippen molar-refractivity contribution in [2.45, 2.75) is 77.0 Å². The number of ketones is 2. The van der Waals surface area contributed by atoms with Crippen molar-refractivity contribution >= 4 is 11.6 Å². The van der Waals surface area contributed by atoms with Crippen LogP contribution in [0.2, 0.25) is 0 Å². The maximum absolute atomic E-state index is 13.6. The zero-order chi connectivity index (χ0) is 17.4. The molecular weight excluding hydrogens is 320 g/mol. The van der Waals surface area contributed by atoms with Crippen LogP contribution < -0.4 is 0 Å². The van der Waals surface area contributed by atoms with E-state index in [0.717, 1.165) is 12.8 Å². The number of carbonyl (C=O) groups excluding carboxylic acids is 2. The zero-order valence-electron chi connectivity index (χ0n) is 16.1. The predicted octanol–water partition coefficient (Wildman–Crippen LogP) is 5.05. The van der Waals surface area contributed by atoms with Gasteiger partial charge in [-0.15, -0.1) is 0 Å². The van der Waals surface area contributed by atoms with Crippen LogP contribution in [0.3, 0.4) is 0 Å². The van der Waals surface area contributed by atoms with Crippen LogP contribution in [0.25, 0.3) is 0 Å². The van der Waals surface area contributed by atoms with Crippen LogP contribution in [-0.2, 0) is 9.59 Å². The van der Waals surface area contributed by atoms with E-state index in [9.17, 15) is 9.59 Å². The fraction of sp³-hybridized carbons (Fsp3) is 0.917. The van der Waals surface area contributed by atoms with Crippen molar-refractivity contribution in [2.75, 3.05) is 0 Å². The van der Waals surface area contributed by atoms with Gasteiger partial charge in [-0.2, -0.15) is 0 Å². The first-order chi connectivity index (χ1) is 12.8. The van der Waals surface area contributed by atoms with Crippen LogP contribution in [0.1, 0.15) is 77.0 Å². The summed E-state index contributed by atoms with van der Waals surface area (Å²) in [6, 6.07) is 0. The van der Waals surface area contributed by atoms with E-state index in [1.807, 2.05) is 0 Å². The second kappa shape index (κ2) is 5.92. The molecule has 10 atom stereocenters. The minimum Gasteiger partial charge on any atom is -0.299 e. The minimum absolute atomic E-state index is 0.350. The van der Waals surface area contributed by atoms with Crippen molar-refractivity contribution < 1.29 is 9.59 Å². The first kappa shape index (κ1) is 16.3. The molecule has 0 heterocycles. The van der Waals surface area contributed by atoms with E-state index in [2.05, 4.69) is 0 Å². The van der Waals surface area contributed by atoms with Crippen molar-refractivity contribution in [3.05, 3.63) is 0 Å². The first-order valence-electron chi connectivity index (χ1n) is 11.8. The molecule has 0 N–H and O–H groups in total. The van der Waals surface area contributed by atoms with Gasteiger partial charge in [0.15, 0.2) is 0 Å². The summed E-state index contributed by atoms with van der Waals surface area (Å²) in [5.41, 5.74) is 0. The highest BCUT2D eigenvalue weighted by atomic mass is 16.1. The van der Waals surface area contributed by atoms with E-state index in [1.165, 1.54) is 64.2 Å². The van der Waals surface area contributed by atoms with E-state index in [0.29, 0.717) is 70.7 Å². The van der Waals surface area contributed by atoms with E-state index in [4.69, 9.17) is 0 Å². The lowest BCUT2D eigenvalue weighted by Gasteiger charge is -2.51. The van der Waals surface area contributed by atoms with Crippen molar-refractivity contribution in [3.63, 3.8) is 0 Å². The van der Waals surface area contributed by atoms with Crippen LogP contribution in [0.15, 0.2) is 0 Å². The monoisotopic (exact) mass is 354 g/mol. The normalized spacial score (nSPS) is 55.5. The Morgan fingerprint density at radius 3 is 1.23 bits per heavy atom. The molecular formula is C24H34O2. The maximum Gasteiger partial charge on any atom is 0.139 e. The van der Waals surface area contributed by atoms with Crippen LogP contribution >= 0.6 is 0 Å². The lowest BCUT2D eigenvalue weighted by Crippen LogP contribution is -2.49. The summed E-state index contributed by atoms with van der Waals surface area (Å²) in [6.45, 7) is 0. The number of hydrogen-bond acceptors (Lipinski definition) is 2. The van der Waals surface area contributed by atoms with Gasteiger partial charge in [0.05, 0.1) is 0 Å². The fourth-order valence-corrected chi connectivity index (χ4v) is 9.48. The second-order valence-electron chi connectivity index (χ2n) is 10.7. The SMILES string of the molecule is O=C1C2CCCCC2C2C1C1CCCCC1C1C(=O)C3CCCCC3C12. The lowest BCUT2D eigenvalue weighted by molar-refractivity contribution is -0.138. The fourth-order valence-electron chi connectivity index (χ4n) is 9.48. The molecule has 6 aliphatic carbocycles. The molecule has 26 heavy (non-hydrogen) atoms. The summed E-state index contributed by atoms with van der Waals surface area (Å²) in [5, 5.41) is 0. The summed E-state index contributed by atoms with van der Waals surface area (Å²) >= 11 is 0. The molecule has 6 aliphatic rings. The molecule has 0 amide bonds. The van der Waals surface area contributed by atoms with Gasteiger partial charge in [0.1, 0.15) is 11.6 Å². The third-order valence-electron chi connectivity index (χ3n) is 10.1. The van der Waals surface area contributed by atoms with Gasteiger partial charge in [-0.3, -0.25) is 9.59 Å². The quantitative estimate of drug-likeness (QED) is 0.610. The number of carbonyl (C=O) groups is 2. The number of rotatable bonds is 0. The molecule has 0 bridgehead atoms. The van der Waals surface area contributed by atoms with Gasteiger partial charge in [0.25, 0.3) is 0 Å².